The van der Waals surface area contributed by atoms with Gasteiger partial charge in [-0.2, -0.15) is 0 Å². The third kappa shape index (κ3) is 4.20. The monoisotopic (exact) mass is 228 g/mol. The highest BCUT2D eigenvalue weighted by Crippen LogP contribution is 2.14. The molecule has 0 bridgehead atoms. The predicted octanol–water partition coefficient (Wildman–Crippen LogP) is 2.40. The molecule has 15 heavy (non-hydrogen) atoms. The van der Waals surface area contributed by atoms with Gasteiger partial charge in [0.15, 0.2) is 0 Å². The quantitative estimate of drug-likeness (QED) is 0.813. The molecule has 0 fully saturated rings. The van der Waals surface area contributed by atoms with Crippen molar-refractivity contribution in [3.63, 3.8) is 0 Å². The van der Waals surface area contributed by atoms with Crippen molar-refractivity contribution in [1.29, 1.82) is 0 Å². The zero-order chi connectivity index (χ0) is 11.3. The summed E-state index contributed by atoms with van der Waals surface area (Å²) in [5, 5.41) is 19.7. The first-order chi connectivity index (χ1) is 7.13. The summed E-state index contributed by atoms with van der Waals surface area (Å²) in [5.74, 6) is 0. The summed E-state index contributed by atoms with van der Waals surface area (Å²) >= 11 is 5.84. The summed E-state index contributed by atoms with van der Waals surface area (Å²) in [5.41, 5.74) is 1.09. The van der Waals surface area contributed by atoms with Gasteiger partial charge in [0.2, 0.25) is 0 Å². The number of rotatable bonds is 5. The summed E-state index contributed by atoms with van der Waals surface area (Å²) < 4.78 is 0. The molecule has 0 aliphatic rings. The third-order valence-electron chi connectivity index (χ3n) is 2.48. The first-order valence-electron chi connectivity index (χ1n) is 5.24. The van der Waals surface area contributed by atoms with E-state index in [0.29, 0.717) is 17.9 Å². The van der Waals surface area contributed by atoms with E-state index < -0.39 is 12.2 Å². The lowest BCUT2D eigenvalue weighted by Crippen LogP contribution is -2.25. The van der Waals surface area contributed by atoms with Crippen molar-refractivity contribution in [2.24, 2.45) is 0 Å². The molecule has 0 saturated heterocycles. The minimum atomic E-state index is -0.644. The van der Waals surface area contributed by atoms with Crippen molar-refractivity contribution in [3.8, 4) is 0 Å². The number of aliphatic hydroxyl groups is 2. The van der Waals surface area contributed by atoms with Crippen LogP contribution in [0, 0.1) is 0 Å². The van der Waals surface area contributed by atoms with E-state index in [1.807, 2.05) is 31.2 Å². The molecular weight excluding hydrogens is 212 g/mol. The second-order valence-electron chi connectivity index (χ2n) is 3.71. The maximum atomic E-state index is 9.57. The van der Waals surface area contributed by atoms with Crippen LogP contribution in [0.4, 0.5) is 0 Å². The van der Waals surface area contributed by atoms with Gasteiger partial charge in [-0.3, -0.25) is 0 Å². The van der Waals surface area contributed by atoms with E-state index in [1.54, 1.807) is 0 Å². The lowest BCUT2D eigenvalue weighted by molar-refractivity contribution is 0.0130. The van der Waals surface area contributed by atoms with E-state index in [-0.39, 0.29) is 0 Å². The van der Waals surface area contributed by atoms with Gasteiger partial charge in [0, 0.05) is 5.02 Å². The summed E-state index contributed by atoms with van der Waals surface area (Å²) in [6.45, 7) is 1.85. The minimum absolute atomic E-state index is 0.565. The molecule has 84 valence electrons. The first-order valence-corrected chi connectivity index (χ1v) is 5.62. The smallest absolute Gasteiger partial charge is 0.0802 e. The zero-order valence-corrected chi connectivity index (χ0v) is 9.61. The maximum absolute atomic E-state index is 9.57. The second-order valence-corrected chi connectivity index (χ2v) is 4.15. The molecule has 1 rings (SSSR count). The molecule has 0 aliphatic heterocycles. The van der Waals surface area contributed by atoms with E-state index in [0.717, 1.165) is 12.0 Å². The van der Waals surface area contributed by atoms with Crippen LogP contribution in [-0.2, 0) is 6.42 Å². The SMILES string of the molecule is CCC(O)C(O)CCc1cccc(Cl)c1. The molecule has 2 nitrogen and oxygen atoms in total. The van der Waals surface area contributed by atoms with Crippen LogP contribution in [0.1, 0.15) is 25.3 Å². The van der Waals surface area contributed by atoms with Crippen LogP contribution in [0.2, 0.25) is 5.02 Å². The molecule has 0 amide bonds. The molecule has 0 spiro atoms. The molecule has 3 heteroatoms. The average molecular weight is 229 g/mol. The number of benzene rings is 1. The van der Waals surface area contributed by atoms with Crippen LogP contribution in [0.5, 0.6) is 0 Å². The summed E-state index contributed by atoms with van der Waals surface area (Å²) in [7, 11) is 0. The summed E-state index contributed by atoms with van der Waals surface area (Å²) in [4.78, 5) is 0. The Morgan fingerprint density at radius 2 is 2.00 bits per heavy atom. The van der Waals surface area contributed by atoms with Crippen molar-refractivity contribution >= 4 is 11.6 Å². The Morgan fingerprint density at radius 1 is 1.27 bits per heavy atom. The highest BCUT2D eigenvalue weighted by atomic mass is 35.5. The van der Waals surface area contributed by atoms with E-state index >= 15 is 0 Å². The van der Waals surface area contributed by atoms with Crippen molar-refractivity contribution in [2.75, 3.05) is 0 Å². The Hall–Kier alpha value is -0.570. The molecule has 2 atom stereocenters. The number of hydrogen-bond donors (Lipinski definition) is 2. The maximum Gasteiger partial charge on any atom is 0.0802 e. The lowest BCUT2D eigenvalue weighted by atomic mass is 10.0. The molecule has 0 aromatic heterocycles. The topological polar surface area (TPSA) is 40.5 Å². The first kappa shape index (κ1) is 12.5. The zero-order valence-electron chi connectivity index (χ0n) is 8.86. The van der Waals surface area contributed by atoms with Crippen LogP contribution >= 0.6 is 11.6 Å². The Morgan fingerprint density at radius 3 is 2.60 bits per heavy atom. The molecule has 1 aromatic rings. The van der Waals surface area contributed by atoms with Crippen molar-refractivity contribution < 1.29 is 10.2 Å². The molecule has 0 heterocycles. The Kier molecular flexibility index (Phi) is 5.09. The van der Waals surface area contributed by atoms with E-state index in [4.69, 9.17) is 11.6 Å². The molecule has 1 aromatic carbocycles. The van der Waals surface area contributed by atoms with Crippen LogP contribution in [-0.4, -0.2) is 22.4 Å². The molecule has 2 unspecified atom stereocenters. The van der Waals surface area contributed by atoms with Gasteiger partial charge >= 0.3 is 0 Å². The van der Waals surface area contributed by atoms with Crippen LogP contribution in [0.15, 0.2) is 24.3 Å². The molecule has 0 radical (unpaired) electrons. The highest BCUT2D eigenvalue weighted by Gasteiger charge is 2.13. The largest absolute Gasteiger partial charge is 0.390 e. The van der Waals surface area contributed by atoms with Crippen LogP contribution in [0.25, 0.3) is 0 Å². The second kappa shape index (κ2) is 6.11. The minimum Gasteiger partial charge on any atom is -0.390 e. The van der Waals surface area contributed by atoms with E-state index in [9.17, 15) is 10.2 Å². The van der Waals surface area contributed by atoms with E-state index in [2.05, 4.69) is 0 Å². The Bertz CT molecular complexity index is 301. The molecule has 0 saturated carbocycles. The molecule has 2 N–H and O–H groups in total. The Balaban J connectivity index is 2.43. The van der Waals surface area contributed by atoms with Gasteiger partial charge in [-0.05, 0) is 37.0 Å². The van der Waals surface area contributed by atoms with Crippen molar-refractivity contribution in [1.82, 2.24) is 0 Å². The van der Waals surface area contributed by atoms with Gasteiger partial charge in [-0.1, -0.05) is 30.7 Å². The van der Waals surface area contributed by atoms with Gasteiger partial charge in [0.1, 0.15) is 0 Å². The fourth-order valence-electron chi connectivity index (χ4n) is 1.47. The van der Waals surface area contributed by atoms with Gasteiger partial charge < -0.3 is 10.2 Å². The van der Waals surface area contributed by atoms with Crippen molar-refractivity contribution in [2.45, 2.75) is 38.4 Å². The fraction of sp³-hybridized carbons (Fsp3) is 0.500. The van der Waals surface area contributed by atoms with Crippen molar-refractivity contribution in [3.05, 3.63) is 34.9 Å². The predicted molar refractivity (Wildman–Crippen MR) is 62.1 cm³/mol. The van der Waals surface area contributed by atoms with Gasteiger partial charge in [0.05, 0.1) is 12.2 Å². The average Bonchev–Trinajstić information content (AvgIpc) is 2.25. The fourth-order valence-corrected chi connectivity index (χ4v) is 1.68. The number of halogens is 1. The summed E-state index contributed by atoms with van der Waals surface area (Å²) in [6, 6.07) is 7.56. The lowest BCUT2D eigenvalue weighted by Gasteiger charge is -2.15. The molecular formula is C12H17ClO2. The molecule has 0 aliphatic carbocycles. The van der Waals surface area contributed by atoms with E-state index in [1.165, 1.54) is 0 Å². The van der Waals surface area contributed by atoms with Crippen LogP contribution in [0.3, 0.4) is 0 Å². The summed E-state index contributed by atoms with van der Waals surface area (Å²) in [6.07, 6.45) is 0.614. The van der Waals surface area contributed by atoms with Gasteiger partial charge in [-0.15, -0.1) is 0 Å². The number of aryl methyl sites for hydroxylation is 1. The number of aliphatic hydroxyl groups excluding tert-OH is 2. The van der Waals surface area contributed by atoms with Gasteiger partial charge in [-0.25, -0.2) is 0 Å². The van der Waals surface area contributed by atoms with Gasteiger partial charge in [0.25, 0.3) is 0 Å². The Labute approximate surface area is 95.5 Å². The highest BCUT2D eigenvalue weighted by molar-refractivity contribution is 6.30. The standard InChI is InChI=1S/C12H17ClO2/c1-2-11(14)12(15)7-6-9-4-3-5-10(13)8-9/h3-5,8,11-12,14-15H,2,6-7H2,1H3. The van der Waals surface area contributed by atoms with Crippen LogP contribution < -0.4 is 0 Å². The third-order valence-corrected chi connectivity index (χ3v) is 2.72. The normalized spacial score (nSPS) is 14.9. The number of hydrogen-bond acceptors (Lipinski definition) is 2.